The Morgan fingerprint density at radius 3 is 1.64 bits per heavy atom. The minimum atomic E-state index is -0.149. The number of hydrogen-bond donors (Lipinski definition) is 2. The molecule has 0 aliphatic heterocycles. The van der Waals surface area contributed by atoms with Gasteiger partial charge in [0.15, 0.2) is 0 Å². The summed E-state index contributed by atoms with van der Waals surface area (Å²) in [4.78, 5) is 0. The second-order valence-corrected chi connectivity index (χ2v) is 3.70. The fourth-order valence-electron chi connectivity index (χ4n) is 1.33. The Morgan fingerprint density at radius 2 is 1.21 bits per heavy atom. The quantitative estimate of drug-likeness (QED) is 0.724. The molecule has 2 nitrogen and oxygen atoms in total. The van der Waals surface area contributed by atoms with Crippen molar-refractivity contribution in [3.05, 3.63) is 34.3 Å². The first-order valence-corrected chi connectivity index (χ1v) is 4.65. The number of phenolic OH excluding ortho intramolecular Hbond substituents is 2. The summed E-state index contributed by atoms with van der Waals surface area (Å²) in [5.41, 5.74) is 0. The molecule has 0 bridgehead atoms. The fraction of sp³-hybridized carbons (Fsp3) is 0. The molecule has 0 aliphatic carbocycles. The van der Waals surface area contributed by atoms with Gasteiger partial charge >= 0.3 is 0 Å². The molecule has 0 aliphatic rings. The van der Waals surface area contributed by atoms with Crippen molar-refractivity contribution in [2.45, 2.75) is 0 Å². The molecule has 2 aromatic carbocycles. The van der Waals surface area contributed by atoms with Gasteiger partial charge in [0.2, 0.25) is 0 Å². The summed E-state index contributed by atoms with van der Waals surface area (Å²) < 4.78 is 0. The minimum Gasteiger partial charge on any atom is -0.506 e. The summed E-state index contributed by atoms with van der Waals surface area (Å²) in [5, 5.41) is 20.6. The third-order valence-electron chi connectivity index (χ3n) is 2.03. The Bertz CT molecular complexity index is 466. The standard InChI is InChI=1S/C10H6Cl2O2/c11-6-3-1-5-2-4-7(12)10(14)8(5)9(6)13/h1-4,13-14H. The Hall–Kier alpha value is -1.12. The Balaban J connectivity index is 2.98. The van der Waals surface area contributed by atoms with Crippen LogP contribution in [0.5, 0.6) is 11.5 Å². The summed E-state index contributed by atoms with van der Waals surface area (Å²) in [6.45, 7) is 0. The van der Waals surface area contributed by atoms with E-state index in [1.54, 1.807) is 24.3 Å². The lowest BCUT2D eigenvalue weighted by Crippen LogP contribution is -1.78. The molecule has 72 valence electrons. The first-order chi connectivity index (χ1) is 6.61. The highest BCUT2D eigenvalue weighted by atomic mass is 35.5. The highest BCUT2D eigenvalue weighted by Crippen LogP contribution is 2.41. The highest BCUT2D eigenvalue weighted by molar-refractivity contribution is 6.35. The number of benzene rings is 2. The molecule has 0 aromatic heterocycles. The van der Waals surface area contributed by atoms with E-state index < -0.39 is 0 Å². The fourth-order valence-corrected chi connectivity index (χ4v) is 1.65. The van der Waals surface area contributed by atoms with Crippen LogP contribution in [0.2, 0.25) is 10.0 Å². The molecule has 2 aromatic rings. The molecule has 4 heteroatoms. The second kappa shape index (κ2) is 3.23. The number of phenols is 2. The first kappa shape index (κ1) is 9.44. The lowest BCUT2D eigenvalue weighted by molar-refractivity contribution is 0.464. The lowest BCUT2D eigenvalue weighted by atomic mass is 10.1. The zero-order valence-corrected chi connectivity index (χ0v) is 8.47. The van der Waals surface area contributed by atoms with Gasteiger partial charge in [0.1, 0.15) is 11.5 Å². The normalized spacial score (nSPS) is 10.7. The van der Waals surface area contributed by atoms with Crippen LogP contribution >= 0.6 is 23.2 Å². The van der Waals surface area contributed by atoms with E-state index in [0.717, 1.165) is 0 Å². The van der Waals surface area contributed by atoms with Gasteiger partial charge in [-0.05, 0) is 17.5 Å². The molecular weight excluding hydrogens is 223 g/mol. The van der Waals surface area contributed by atoms with Gasteiger partial charge in [0, 0.05) is 0 Å². The number of fused-ring (bicyclic) bond motifs is 1. The maximum Gasteiger partial charge on any atom is 0.145 e. The van der Waals surface area contributed by atoms with E-state index in [-0.39, 0.29) is 26.9 Å². The van der Waals surface area contributed by atoms with Crippen LogP contribution in [-0.4, -0.2) is 10.2 Å². The van der Waals surface area contributed by atoms with Gasteiger partial charge in [-0.15, -0.1) is 0 Å². The molecule has 2 rings (SSSR count). The third kappa shape index (κ3) is 1.27. The van der Waals surface area contributed by atoms with E-state index in [9.17, 15) is 10.2 Å². The van der Waals surface area contributed by atoms with Crippen molar-refractivity contribution in [2.75, 3.05) is 0 Å². The van der Waals surface area contributed by atoms with Crippen LogP contribution in [-0.2, 0) is 0 Å². The van der Waals surface area contributed by atoms with Crippen molar-refractivity contribution in [1.82, 2.24) is 0 Å². The van der Waals surface area contributed by atoms with Gasteiger partial charge in [-0.1, -0.05) is 35.3 Å². The van der Waals surface area contributed by atoms with Crippen LogP contribution in [0.25, 0.3) is 10.8 Å². The SMILES string of the molecule is Oc1c(Cl)ccc2ccc(Cl)c(O)c12. The van der Waals surface area contributed by atoms with Gasteiger partial charge in [-0.25, -0.2) is 0 Å². The highest BCUT2D eigenvalue weighted by Gasteiger charge is 2.11. The van der Waals surface area contributed by atoms with Crippen molar-refractivity contribution in [3.63, 3.8) is 0 Å². The van der Waals surface area contributed by atoms with Crippen molar-refractivity contribution in [2.24, 2.45) is 0 Å². The predicted octanol–water partition coefficient (Wildman–Crippen LogP) is 3.56. The maximum atomic E-state index is 9.61. The van der Waals surface area contributed by atoms with Crippen LogP contribution in [0, 0.1) is 0 Å². The van der Waals surface area contributed by atoms with E-state index in [4.69, 9.17) is 23.2 Å². The molecule has 0 atom stereocenters. The summed E-state index contributed by atoms with van der Waals surface area (Å²) in [6.07, 6.45) is 0. The topological polar surface area (TPSA) is 40.5 Å². The van der Waals surface area contributed by atoms with Crippen LogP contribution in [0.1, 0.15) is 0 Å². The molecular formula is C10H6Cl2O2. The Kier molecular flexibility index (Phi) is 2.17. The molecule has 0 fully saturated rings. The van der Waals surface area contributed by atoms with E-state index in [1.165, 1.54) is 0 Å². The zero-order valence-electron chi connectivity index (χ0n) is 6.96. The second-order valence-electron chi connectivity index (χ2n) is 2.89. The van der Waals surface area contributed by atoms with E-state index in [1.807, 2.05) is 0 Å². The predicted molar refractivity (Wildman–Crippen MR) is 57.3 cm³/mol. The van der Waals surface area contributed by atoms with Crippen molar-refractivity contribution in [3.8, 4) is 11.5 Å². The largest absolute Gasteiger partial charge is 0.506 e. The number of hydrogen-bond acceptors (Lipinski definition) is 2. The van der Waals surface area contributed by atoms with Gasteiger partial charge in [-0.3, -0.25) is 0 Å². The average molecular weight is 229 g/mol. The molecule has 0 saturated heterocycles. The lowest BCUT2D eigenvalue weighted by Gasteiger charge is -2.06. The number of rotatable bonds is 0. The van der Waals surface area contributed by atoms with Crippen molar-refractivity contribution < 1.29 is 10.2 Å². The van der Waals surface area contributed by atoms with Crippen LogP contribution in [0.15, 0.2) is 24.3 Å². The zero-order chi connectivity index (χ0) is 10.3. The van der Waals surface area contributed by atoms with Gasteiger partial charge in [0.05, 0.1) is 15.4 Å². The first-order valence-electron chi connectivity index (χ1n) is 3.90. The number of aromatic hydroxyl groups is 2. The minimum absolute atomic E-state index is 0.149. The molecule has 0 radical (unpaired) electrons. The van der Waals surface area contributed by atoms with E-state index >= 15 is 0 Å². The molecule has 0 amide bonds. The maximum absolute atomic E-state index is 9.61. The summed E-state index contributed by atoms with van der Waals surface area (Å²) >= 11 is 11.4. The molecule has 2 N–H and O–H groups in total. The third-order valence-corrected chi connectivity index (χ3v) is 2.64. The Morgan fingerprint density at radius 1 is 0.786 bits per heavy atom. The van der Waals surface area contributed by atoms with Crippen molar-refractivity contribution in [1.29, 1.82) is 0 Å². The van der Waals surface area contributed by atoms with Crippen molar-refractivity contribution >= 4 is 34.0 Å². The average Bonchev–Trinajstić information content (AvgIpc) is 2.17. The van der Waals surface area contributed by atoms with Gasteiger partial charge in [-0.2, -0.15) is 0 Å². The number of halogens is 2. The molecule has 0 spiro atoms. The Labute approximate surface area is 90.3 Å². The summed E-state index contributed by atoms with van der Waals surface area (Å²) in [7, 11) is 0. The van der Waals surface area contributed by atoms with Crippen LogP contribution in [0.4, 0.5) is 0 Å². The molecule has 0 heterocycles. The molecule has 0 unspecified atom stereocenters. The van der Waals surface area contributed by atoms with Gasteiger partial charge in [0.25, 0.3) is 0 Å². The van der Waals surface area contributed by atoms with Crippen LogP contribution < -0.4 is 0 Å². The van der Waals surface area contributed by atoms with E-state index in [2.05, 4.69) is 0 Å². The monoisotopic (exact) mass is 228 g/mol. The van der Waals surface area contributed by atoms with E-state index in [0.29, 0.717) is 5.39 Å². The molecule has 14 heavy (non-hydrogen) atoms. The summed E-state index contributed by atoms with van der Waals surface area (Å²) in [5.74, 6) is -0.298. The summed E-state index contributed by atoms with van der Waals surface area (Å²) in [6, 6.07) is 6.53. The van der Waals surface area contributed by atoms with Crippen LogP contribution in [0.3, 0.4) is 0 Å². The van der Waals surface area contributed by atoms with Gasteiger partial charge < -0.3 is 10.2 Å². The smallest absolute Gasteiger partial charge is 0.145 e. The molecule has 0 saturated carbocycles.